The fourth-order valence-corrected chi connectivity index (χ4v) is 3.59. The first-order chi connectivity index (χ1) is 9.69. The van der Waals surface area contributed by atoms with Gasteiger partial charge in [0.05, 0.1) is 6.10 Å². The third-order valence-corrected chi connectivity index (χ3v) is 5.34. The van der Waals surface area contributed by atoms with Crippen LogP contribution in [0.15, 0.2) is 12.4 Å². The Kier molecular flexibility index (Phi) is 4.83. The van der Waals surface area contributed by atoms with Crippen LogP contribution in [0.4, 0.5) is 0 Å². The molecule has 2 heterocycles. The lowest BCUT2D eigenvalue weighted by Crippen LogP contribution is -2.51. The minimum absolute atomic E-state index is 0.0931. The molecule has 1 amide bonds. The molecular formula is C14H25N2O4P. The number of nitrogens with zero attached hydrogens (tertiary/aromatic N) is 1. The largest absolute Gasteiger partial charge is 0.388 e. The Balaban J connectivity index is 2.01. The summed E-state index contributed by atoms with van der Waals surface area (Å²) in [7, 11) is 0. The van der Waals surface area contributed by atoms with Gasteiger partial charge in [0.2, 0.25) is 5.91 Å². The zero-order valence-electron chi connectivity index (χ0n) is 12.7. The van der Waals surface area contributed by atoms with Gasteiger partial charge in [0.25, 0.3) is 0 Å². The minimum Gasteiger partial charge on any atom is -0.388 e. The molecule has 0 aromatic heterocycles. The third-order valence-electron chi connectivity index (χ3n) is 3.87. The maximum atomic E-state index is 11.3. The van der Waals surface area contributed by atoms with Gasteiger partial charge < -0.3 is 25.2 Å². The summed E-state index contributed by atoms with van der Waals surface area (Å²) < 4.78 is 5.83. The molecule has 2 saturated heterocycles. The minimum atomic E-state index is -1.20. The molecule has 2 aliphatic rings. The summed E-state index contributed by atoms with van der Waals surface area (Å²) in [6.07, 6.45) is 3.04. The predicted octanol–water partition coefficient (Wildman–Crippen LogP) is -0.174. The fraction of sp³-hybridized carbons (Fsp3) is 0.714. The number of aliphatic hydroxyl groups excluding tert-OH is 2. The van der Waals surface area contributed by atoms with Gasteiger partial charge in [-0.2, -0.15) is 0 Å². The number of carbonyl (C=O) groups is 1. The van der Waals surface area contributed by atoms with E-state index in [1.807, 2.05) is 0 Å². The second-order valence-electron chi connectivity index (χ2n) is 6.43. The zero-order valence-corrected chi connectivity index (χ0v) is 13.6. The molecule has 120 valence electrons. The molecule has 2 fully saturated rings. The predicted molar refractivity (Wildman–Crippen MR) is 84.7 cm³/mol. The topological polar surface area (TPSA) is 82.0 Å². The van der Waals surface area contributed by atoms with Crippen molar-refractivity contribution in [2.24, 2.45) is 0 Å². The molecule has 0 radical (unpaired) electrons. The highest BCUT2D eigenvalue weighted by atomic mass is 31.2. The van der Waals surface area contributed by atoms with Crippen molar-refractivity contribution in [2.75, 3.05) is 26.0 Å². The normalized spacial score (nSPS) is 34.2. The van der Waals surface area contributed by atoms with E-state index >= 15 is 0 Å². The van der Waals surface area contributed by atoms with E-state index in [1.165, 1.54) is 0 Å². The second kappa shape index (κ2) is 6.13. The van der Waals surface area contributed by atoms with Gasteiger partial charge in [-0.05, 0) is 25.9 Å². The van der Waals surface area contributed by atoms with Crippen LogP contribution >= 0.6 is 6.89 Å². The van der Waals surface area contributed by atoms with Crippen LogP contribution in [0.5, 0.6) is 0 Å². The number of carbonyl (C=O) groups excluding carboxylic acids is 1. The van der Waals surface area contributed by atoms with Gasteiger partial charge in [0.15, 0.2) is 6.23 Å². The van der Waals surface area contributed by atoms with Crippen molar-refractivity contribution in [2.45, 2.75) is 37.4 Å². The van der Waals surface area contributed by atoms with Crippen molar-refractivity contribution in [1.29, 1.82) is 0 Å². The summed E-state index contributed by atoms with van der Waals surface area (Å²) >= 11 is 0. The first-order valence-corrected chi connectivity index (χ1v) is 10.2. The summed E-state index contributed by atoms with van der Waals surface area (Å²) in [5.74, 6) is 0.317. The maximum Gasteiger partial charge on any atom is 0.227 e. The second-order valence-corrected chi connectivity index (χ2v) is 10.8. The van der Waals surface area contributed by atoms with Gasteiger partial charge in [-0.15, -0.1) is 13.2 Å². The molecule has 4 atom stereocenters. The molecule has 0 saturated carbocycles. The first kappa shape index (κ1) is 16.6. The Bertz CT molecular complexity index is 476. The third kappa shape index (κ3) is 3.89. The van der Waals surface area contributed by atoms with Crippen LogP contribution in [-0.2, 0) is 9.53 Å². The number of hydrogen-bond acceptors (Lipinski definition) is 5. The molecule has 0 aliphatic carbocycles. The van der Waals surface area contributed by atoms with Crippen molar-refractivity contribution >= 4 is 19.1 Å². The van der Waals surface area contributed by atoms with Crippen LogP contribution in [0, 0.1) is 0 Å². The van der Waals surface area contributed by atoms with Gasteiger partial charge >= 0.3 is 0 Å². The van der Waals surface area contributed by atoms with E-state index in [1.54, 1.807) is 4.90 Å². The Labute approximate surface area is 125 Å². The molecule has 6 nitrogen and oxygen atoms in total. The maximum absolute atomic E-state index is 11.3. The molecule has 2 unspecified atom stereocenters. The number of hydrogen-bond donors (Lipinski definition) is 3. The van der Waals surface area contributed by atoms with E-state index in [-0.39, 0.29) is 5.91 Å². The van der Waals surface area contributed by atoms with E-state index in [0.29, 0.717) is 25.2 Å². The van der Waals surface area contributed by atoms with Crippen LogP contribution in [-0.4, -0.2) is 77.9 Å². The first-order valence-electron chi connectivity index (χ1n) is 7.13. The summed E-state index contributed by atoms with van der Waals surface area (Å²) in [4.78, 5) is 13.0. The SMILES string of the molecule is C=C1NC(=O)CCN1C1OC(CCP(=C)(C)C)[C@@H](O)[C@H]1O. The molecular weight excluding hydrogens is 291 g/mol. The van der Waals surface area contributed by atoms with Crippen molar-refractivity contribution in [1.82, 2.24) is 10.2 Å². The van der Waals surface area contributed by atoms with E-state index < -0.39 is 31.4 Å². The summed E-state index contributed by atoms with van der Waals surface area (Å²) in [5.41, 5.74) is 0. The van der Waals surface area contributed by atoms with E-state index in [9.17, 15) is 15.0 Å². The zero-order chi connectivity index (χ0) is 15.8. The van der Waals surface area contributed by atoms with Crippen LogP contribution in [0.25, 0.3) is 0 Å². The Hall–Kier alpha value is -0.810. The van der Waals surface area contributed by atoms with Gasteiger partial charge in [0, 0.05) is 13.0 Å². The highest BCUT2D eigenvalue weighted by Crippen LogP contribution is 2.38. The lowest BCUT2D eigenvalue weighted by atomic mass is 10.1. The summed E-state index contributed by atoms with van der Waals surface area (Å²) in [6, 6.07) is 0. The van der Waals surface area contributed by atoms with Crippen LogP contribution in [0.1, 0.15) is 12.8 Å². The van der Waals surface area contributed by atoms with E-state index in [2.05, 4.69) is 31.5 Å². The van der Waals surface area contributed by atoms with Crippen LogP contribution < -0.4 is 5.32 Å². The molecule has 2 rings (SSSR count). The molecule has 21 heavy (non-hydrogen) atoms. The van der Waals surface area contributed by atoms with Crippen molar-refractivity contribution in [3.8, 4) is 0 Å². The Morgan fingerprint density at radius 3 is 2.67 bits per heavy atom. The molecule has 0 aromatic rings. The standard InChI is InChI=1S/C14H25N2O4P/c1-9-15-11(17)5-7-16(9)14-13(19)12(18)10(20-14)6-8-21(2,3)4/h10,12-14,18-19H,1-2,5-8H2,3-4H3,(H,15,17)/t10?,12-,13-,14?/m1/s1. The summed E-state index contributed by atoms with van der Waals surface area (Å²) in [5, 5.41) is 23.0. The van der Waals surface area contributed by atoms with Gasteiger partial charge in [0.1, 0.15) is 18.0 Å². The van der Waals surface area contributed by atoms with Crippen molar-refractivity contribution < 1.29 is 19.7 Å². The number of aliphatic hydroxyl groups is 2. The highest BCUT2D eigenvalue weighted by Gasteiger charge is 2.46. The smallest absolute Gasteiger partial charge is 0.227 e. The molecule has 0 aromatic carbocycles. The summed E-state index contributed by atoms with van der Waals surface area (Å²) in [6.45, 7) is 7.27. The molecule has 2 aliphatic heterocycles. The van der Waals surface area contributed by atoms with Gasteiger partial charge in [-0.1, -0.05) is 6.58 Å². The average Bonchev–Trinajstić information content (AvgIpc) is 2.64. The lowest BCUT2D eigenvalue weighted by Gasteiger charge is -2.36. The number of nitrogens with one attached hydrogen (secondary N) is 1. The van der Waals surface area contributed by atoms with Gasteiger partial charge in [-0.3, -0.25) is 4.79 Å². The molecule has 3 N–H and O–H groups in total. The van der Waals surface area contributed by atoms with Gasteiger partial charge in [-0.25, -0.2) is 0 Å². The fourth-order valence-electron chi connectivity index (χ4n) is 2.64. The molecule has 7 heteroatoms. The Morgan fingerprint density at radius 1 is 1.43 bits per heavy atom. The molecule has 0 bridgehead atoms. The van der Waals surface area contributed by atoms with E-state index in [0.717, 1.165) is 6.16 Å². The lowest BCUT2D eigenvalue weighted by molar-refractivity contribution is -0.128. The monoisotopic (exact) mass is 316 g/mol. The average molecular weight is 316 g/mol. The quantitative estimate of drug-likeness (QED) is 0.627. The van der Waals surface area contributed by atoms with E-state index in [4.69, 9.17) is 4.74 Å². The van der Waals surface area contributed by atoms with Crippen molar-refractivity contribution in [3.63, 3.8) is 0 Å². The Morgan fingerprint density at radius 2 is 2.10 bits per heavy atom. The highest BCUT2D eigenvalue weighted by molar-refractivity contribution is 7.72. The van der Waals surface area contributed by atoms with Crippen molar-refractivity contribution in [3.05, 3.63) is 12.4 Å². The number of rotatable bonds is 4. The number of amides is 1. The molecule has 0 spiro atoms. The van der Waals surface area contributed by atoms with Crippen LogP contribution in [0.2, 0.25) is 0 Å². The van der Waals surface area contributed by atoms with Crippen LogP contribution in [0.3, 0.4) is 0 Å². The number of ether oxygens (including phenoxy) is 1.